The fourth-order valence-corrected chi connectivity index (χ4v) is 1.72. The zero-order valence-corrected chi connectivity index (χ0v) is 10.7. The van der Waals surface area contributed by atoms with Crippen LogP contribution in [0.25, 0.3) is 0 Å². The number of hydrogen-bond acceptors (Lipinski definition) is 3. The van der Waals surface area contributed by atoms with Crippen LogP contribution in [0.1, 0.15) is 31.0 Å². The summed E-state index contributed by atoms with van der Waals surface area (Å²) in [5, 5.41) is 12.2. The zero-order valence-electron chi connectivity index (χ0n) is 10.7. The largest absolute Gasteiger partial charge is 0.496 e. The fourth-order valence-electron chi connectivity index (χ4n) is 1.72. The lowest BCUT2D eigenvalue weighted by Gasteiger charge is -2.18. The number of aliphatic carboxylic acids is 1. The van der Waals surface area contributed by atoms with Crippen molar-refractivity contribution in [2.75, 3.05) is 7.11 Å². The van der Waals surface area contributed by atoms with E-state index in [0.717, 1.165) is 16.9 Å². The van der Waals surface area contributed by atoms with Crippen LogP contribution in [0.4, 0.5) is 0 Å². The number of hydrogen-bond donors (Lipinski definition) is 2. The smallest absolute Gasteiger partial charge is 0.325 e. The van der Waals surface area contributed by atoms with Crippen LogP contribution < -0.4 is 10.1 Å². The number of carboxylic acid groups (broad SMARTS) is 1. The number of carbonyl (C=O) groups is 1. The third-order valence-electron chi connectivity index (χ3n) is 2.50. The van der Waals surface area contributed by atoms with Crippen LogP contribution >= 0.6 is 0 Å². The lowest BCUT2D eigenvalue weighted by atomic mass is 10.0. The van der Waals surface area contributed by atoms with E-state index < -0.39 is 12.0 Å². The van der Waals surface area contributed by atoms with Gasteiger partial charge in [-0.1, -0.05) is 12.1 Å². The summed E-state index contributed by atoms with van der Waals surface area (Å²) in [5.74, 6) is -0.106. The van der Waals surface area contributed by atoms with Gasteiger partial charge in [0.2, 0.25) is 0 Å². The highest BCUT2D eigenvalue weighted by atomic mass is 16.5. The third-order valence-corrected chi connectivity index (χ3v) is 2.50. The van der Waals surface area contributed by atoms with Crippen molar-refractivity contribution in [3.63, 3.8) is 0 Å². The molecule has 1 aromatic carbocycles. The van der Waals surface area contributed by atoms with Gasteiger partial charge in [-0.15, -0.1) is 0 Å². The Morgan fingerprint density at radius 3 is 2.47 bits per heavy atom. The molecule has 1 atom stereocenters. The summed E-state index contributed by atoms with van der Waals surface area (Å²) in [6.07, 6.45) is 0. The van der Waals surface area contributed by atoms with E-state index in [0.29, 0.717) is 0 Å². The van der Waals surface area contributed by atoms with Crippen LogP contribution in [0.2, 0.25) is 0 Å². The standard InChI is InChI=1S/C13H19NO3/c1-8(2)14-12(13(15)16)10-5-6-11(17-4)9(3)7-10/h5-8,12,14H,1-4H3,(H,15,16). The van der Waals surface area contributed by atoms with Crippen molar-refractivity contribution in [3.8, 4) is 5.75 Å². The Labute approximate surface area is 102 Å². The Morgan fingerprint density at radius 1 is 1.41 bits per heavy atom. The minimum atomic E-state index is -0.872. The summed E-state index contributed by atoms with van der Waals surface area (Å²) < 4.78 is 5.15. The van der Waals surface area contributed by atoms with Crippen LogP contribution in [0.15, 0.2) is 18.2 Å². The molecule has 0 amide bonds. The highest BCUT2D eigenvalue weighted by Crippen LogP contribution is 2.23. The summed E-state index contributed by atoms with van der Waals surface area (Å²) >= 11 is 0. The second-order valence-corrected chi connectivity index (χ2v) is 4.32. The quantitative estimate of drug-likeness (QED) is 0.823. The Hall–Kier alpha value is -1.55. The van der Waals surface area contributed by atoms with Gasteiger partial charge in [-0.3, -0.25) is 10.1 Å². The fraction of sp³-hybridized carbons (Fsp3) is 0.462. The molecule has 0 spiro atoms. The van der Waals surface area contributed by atoms with Gasteiger partial charge in [0.1, 0.15) is 11.8 Å². The molecular weight excluding hydrogens is 218 g/mol. The number of methoxy groups -OCH3 is 1. The van der Waals surface area contributed by atoms with Crippen molar-refractivity contribution in [2.24, 2.45) is 0 Å². The molecule has 2 N–H and O–H groups in total. The molecule has 4 nitrogen and oxygen atoms in total. The highest BCUT2D eigenvalue weighted by Gasteiger charge is 2.20. The van der Waals surface area contributed by atoms with E-state index in [1.54, 1.807) is 19.2 Å². The molecule has 1 unspecified atom stereocenters. The summed E-state index contributed by atoms with van der Waals surface area (Å²) in [6.45, 7) is 5.75. The van der Waals surface area contributed by atoms with Crippen molar-refractivity contribution in [1.29, 1.82) is 0 Å². The number of rotatable bonds is 5. The molecule has 17 heavy (non-hydrogen) atoms. The molecule has 0 fully saturated rings. The van der Waals surface area contributed by atoms with Crippen LogP contribution in [0.3, 0.4) is 0 Å². The highest BCUT2D eigenvalue weighted by molar-refractivity contribution is 5.75. The van der Waals surface area contributed by atoms with Crippen molar-refractivity contribution >= 4 is 5.97 Å². The maximum atomic E-state index is 11.2. The van der Waals surface area contributed by atoms with Gasteiger partial charge >= 0.3 is 5.97 Å². The van der Waals surface area contributed by atoms with E-state index in [2.05, 4.69) is 5.32 Å². The number of ether oxygens (including phenoxy) is 1. The molecule has 0 aromatic heterocycles. The van der Waals surface area contributed by atoms with E-state index in [-0.39, 0.29) is 6.04 Å². The molecule has 94 valence electrons. The number of aryl methyl sites for hydroxylation is 1. The average Bonchev–Trinajstić information content (AvgIpc) is 2.25. The van der Waals surface area contributed by atoms with Crippen LogP contribution in [-0.4, -0.2) is 24.2 Å². The first-order valence-electron chi connectivity index (χ1n) is 5.59. The van der Waals surface area contributed by atoms with E-state index in [4.69, 9.17) is 4.74 Å². The first kappa shape index (κ1) is 13.5. The van der Waals surface area contributed by atoms with Gasteiger partial charge in [0.15, 0.2) is 0 Å². The third kappa shape index (κ3) is 3.46. The van der Waals surface area contributed by atoms with E-state index in [1.165, 1.54) is 0 Å². The van der Waals surface area contributed by atoms with Crippen molar-refractivity contribution < 1.29 is 14.6 Å². The molecule has 0 saturated heterocycles. The van der Waals surface area contributed by atoms with Gasteiger partial charge < -0.3 is 9.84 Å². The second-order valence-electron chi connectivity index (χ2n) is 4.32. The molecule has 0 aliphatic heterocycles. The first-order valence-corrected chi connectivity index (χ1v) is 5.59. The van der Waals surface area contributed by atoms with Crippen LogP contribution in [0.5, 0.6) is 5.75 Å². The van der Waals surface area contributed by atoms with Gasteiger partial charge in [-0.25, -0.2) is 0 Å². The maximum Gasteiger partial charge on any atom is 0.325 e. The van der Waals surface area contributed by atoms with Crippen LogP contribution in [-0.2, 0) is 4.79 Å². The summed E-state index contributed by atoms with van der Waals surface area (Å²) in [5.41, 5.74) is 1.67. The Morgan fingerprint density at radius 2 is 2.06 bits per heavy atom. The van der Waals surface area contributed by atoms with Crippen LogP contribution in [0, 0.1) is 6.92 Å². The summed E-state index contributed by atoms with van der Waals surface area (Å²) in [7, 11) is 1.60. The van der Waals surface area contributed by atoms with E-state index in [9.17, 15) is 9.90 Å². The van der Waals surface area contributed by atoms with Crippen molar-refractivity contribution in [1.82, 2.24) is 5.32 Å². The maximum absolute atomic E-state index is 11.2. The zero-order chi connectivity index (χ0) is 13.0. The summed E-state index contributed by atoms with van der Waals surface area (Å²) in [6, 6.07) is 4.84. The Kier molecular flexibility index (Phi) is 4.52. The monoisotopic (exact) mass is 237 g/mol. The molecule has 1 rings (SSSR count). The molecule has 0 bridgehead atoms. The number of nitrogens with one attached hydrogen (secondary N) is 1. The molecular formula is C13H19NO3. The second kappa shape index (κ2) is 5.68. The normalized spacial score (nSPS) is 12.5. The molecule has 4 heteroatoms. The first-order chi connectivity index (χ1) is 7.95. The van der Waals surface area contributed by atoms with Gasteiger partial charge in [0, 0.05) is 6.04 Å². The Balaban J connectivity index is 3.02. The van der Waals surface area contributed by atoms with Gasteiger partial charge in [0.25, 0.3) is 0 Å². The SMILES string of the molecule is COc1ccc(C(NC(C)C)C(=O)O)cc1C. The Bertz CT molecular complexity index is 402. The molecule has 0 aliphatic carbocycles. The minimum absolute atomic E-state index is 0.110. The molecule has 0 heterocycles. The van der Waals surface area contributed by atoms with Gasteiger partial charge in [0.05, 0.1) is 7.11 Å². The van der Waals surface area contributed by atoms with Gasteiger partial charge in [-0.05, 0) is 38.0 Å². The summed E-state index contributed by atoms with van der Waals surface area (Å²) in [4.78, 5) is 11.2. The topological polar surface area (TPSA) is 58.6 Å². The number of carboxylic acids is 1. The molecule has 1 aromatic rings. The predicted molar refractivity (Wildman–Crippen MR) is 66.4 cm³/mol. The van der Waals surface area contributed by atoms with Crippen molar-refractivity contribution in [2.45, 2.75) is 32.9 Å². The van der Waals surface area contributed by atoms with E-state index >= 15 is 0 Å². The molecule has 0 aliphatic rings. The predicted octanol–water partition coefficient (Wildman–Crippen LogP) is 2.13. The van der Waals surface area contributed by atoms with Crippen molar-refractivity contribution in [3.05, 3.63) is 29.3 Å². The number of benzene rings is 1. The van der Waals surface area contributed by atoms with Gasteiger partial charge in [-0.2, -0.15) is 0 Å². The molecule has 0 radical (unpaired) electrons. The lowest BCUT2D eigenvalue weighted by molar-refractivity contribution is -0.139. The molecule has 0 saturated carbocycles. The van der Waals surface area contributed by atoms with E-state index in [1.807, 2.05) is 26.8 Å². The average molecular weight is 237 g/mol. The minimum Gasteiger partial charge on any atom is -0.496 e. The lowest BCUT2D eigenvalue weighted by Crippen LogP contribution is -2.33.